The molecule has 0 spiro atoms. The number of rotatable bonds is 8. The molecule has 4 heteroatoms. The van der Waals surface area contributed by atoms with Gasteiger partial charge in [0.2, 0.25) is 0 Å². The van der Waals surface area contributed by atoms with Crippen LogP contribution in [0.1, 0.15) is 12.5 Å². The van der Waals surface area contributed by atoms with E-state index in [0.29, 0.717) is 0 Å². The molecule has 16 heavy (non-hydrogen) atoms. The Labute approximate surface area is 100 Å². The predicted octanol–water partition coefficient (Wildman–Crippen LogP) is 0.905. The summed E-state index contributed by atoms with van der Waals surface area (Å²) >= 11 is 0. The van der Waals surface area contributed by atoms with Crippen LogP contribution in [0.4, 0.5) is 0 Å². The van der Waals surface area contributed by atoms with E-state index < -0.39 is 9.76 Å². The zero-order chi connectivity index (χ0) is 11.6. The Morgan fingerprint density at radius 1 is 1.25 bits per heavy atom. The maximum atomic E-state index is 5.64. The normalized spacial score (nSPS) is 11.1. The average Bonchev–Trinajstić information content (AvgIpc) is 2.34. The fourth-order valence-corrected chi connectivity index (χ4v) is 2.47. The minimum absolute atomic E-state index is 0.414. The molecule has 3 nitrogen and oxygen atoms in total. The van der Waals surface area contributed by atoms with Crippen LogP contribution < -0.4 is 10.1 Å². The van der Waals surface area contributed by atoms with Gasteiger partial charge in [-0.15, -0.1) is 0 Å². The number of nitrogens with one attached hydrogen (secondary N) is 1. The lowest BCUT2D eigenvalue weighted by Crippen LogP contribution is -2.20. The van der Waals surface area contributed by atoms with E-state index in [0.717, 1.165) is 31.5 Å². The molecule has 0 aliphatic rings. The lowest BCUT2D eigenvalue weighted by Gasteiger charge is -2.05. The summed E-state index contributed by atoms with van der Waals surface area (Å²) < 4.78 is 10.8. The first-order valence-electron chi connectivity index (χ1n) is 5.78. The van der Waals surface area contributed by atoms with Crippen LogP contribution in [0.15, 0.2) is 24.3 Å². The van der Waals surface area contributed by atoms with E-state index in [1.807, 2.05) is 12.1 Å². The smallest absolute Gasteiger partial charge is 0.165 e. The Kier molecular flexibility index (Phi) is 6.88. The molecule has 0 heterocycles. The van der Waals surface area contributed by atoms with Crippen molar-refractivity contribution in [2.45, 2.75) is 13.0 Å². The molecule has 0 amide bonds. The fourth-order valence-electron chi connectivity index (χ4n) is 1.41. The molecule has 0 unspecified atom stereocenters. The third kappa shape index (κ3) is 5.30. The number of likely N-dealkylation sites (N-methyl/N-ethyl adjacent to an activating group) is 1. The van der Waals surface area contributed by atoms with Crippen molar-refractivity contribution in [1.29, 1.82) is 0 Å². The Morgan fingerprint density at radius 2 is 2.00 bits per heavy atom. The summed E-state index contributed by atoms with van der Waals surface area (Å²) in [7, 11) is 1.27. The molecule has 1 rings (SSSR count). The molecular weight excluding hydrogens is 218 g/mol. The van der Waals surface area contributed by atoms with Gasteiger partial charge < -0.3 is 14.5 Å². The molecule has 1 aromatic carbocycles. The molecule has 1 aromatic rings. The minimum atomic E-state index is -0.414. The van der Waals surface area contributed by atoms with Gasteiger partial charge in [0, 0.05) is 13.2 Å². The second kappa shape index (κ2) is 8.33. The van der Waals surface area contributed by atoms with Crippen molar-refractivity contribution in [3.8, 4) is 5.75 Å². The van der Waals surface area contributed by atoms with Gasteiger partial charge in [-0.25, -0.2) is 0 Å². The highest BCUT2D eigenvalue weighted by molar-refractivity contribution is 6.26. The topological polar surface area (TPSA) is 30.5 Å². The Hall–Kier alpha value is -0.843. The molecule has 0 radical (unpaired) electrons. The summed E-state index contributed by atoms with van der Waals surface area (Å²) in [4.78, 5) is 0. The zero-order valence-corrected chi connectivity index (χ0v) is 11.6. The third-order valence-corrected chi connectivity index (χ3v) is 3.73. The predicted molar refractivity (Wildman–Crippen MR) is 69.7 cm³/mol. The van der Waals surface area contributed by atoms with Crippen molar-refractivity contribution in [1.82, 2.24) is 5.32 Å². The Balaban J connectivity index is 2.12. The zero-order valence-electron chi connectivity index (χ0n) is 10.2. The van der Waals surface area contributed by atoms with E-state index in [4.69, 9.17) is 9.16 Å². The summed E-state index contributed by atoms with van der Waals surface area (Å²) in [6.07, 6.45) is 0. The highest BCUT2D eigenvalue weighted by Crippen LogP contribution is 2.11. The maximum absolute atomic E-state index is 5.64. The van der Waals surface area contributed by atoms with E-state index in [1.54, 1.807) is 7.11 Å². The SMILES string of the molecule is CCNCCO[SiH2]Cc1ccc(OC)cc1. The van der Waals surface area contributed by atoms with Gasteiger partial charge in [-0.2, -0.15) is 0 Å². The fraction of sp³-hybridized carbons (Fsp3) is 0.500. The molecule has 0 bridgehead atoms. The highest BCUT2D eigenvalue weighted by Gasteiger charge is 1.95. The van der Waals surface area contributed by atoms with E-state index in [2.05, 4.69) is 24.4 Å². The molecule has 90 valence electrons. The van der Waals surface area contributed by atoms with Gasteiger partial charge in [0.1, 0.15) is 5.75 Å². The summed E-state index contributed by atoms with van der Waals surface area (Å²) in [6, 6.07) is 9.32. The van der Waals surface area contributed by atoms with E-state index >= 15 is 0 Å². The second-order valence-corrected chi connectivity index (χ2v) is 4.88. The number of ether oxygens (including phenoxy) is 1. The van der Waals surface area contributed by atoms with Crippen LogP contribution in [0.5, 0.6) is 5.75 Å². The number of hydrogen-bond donors (Lipinski definition) is 1. The van der Waals surface area contributed by atoms with Crippen LogP contribution in [0.25, 0.3) is 0 Å². The summed E-state index contributed by atoms with van der Waals surface area (Å²) in [5.74, 6) is 0.915. The summed E-state index contributed by atoms with van der Waals surface area (Å²) in [5, 5.41) is 3.24. The van der Waals surface area contributed by atoms with Gasteiger partial charge in [-0.05, 0) is 30.3 Å². The van der Waals surface area contributed by atoms with Gasteiger partial charge >= 0.3 is 0 Å². The molecule has 0 saturated heterocycles. The van der Waals surface area contributed by atoms with Crippen molar-refractivity contribution < 1.29 is 9.16 Å². The van der Waals surface area contributed by atoms with Crippen LogP contribution >= 0.6 is 0 Å². The van der Waals surface area contributed by atoms with Gasteiger partial charge in [-0.1, -0.05) is 19.1 Å². The van der Waals surface area contributed by atoms with E-state index in [-0.39, 0.29) is 0 Å². The van der Waals surface area contributed by atoms with Gasteiger partial charge in [0.05, 0.1) is 7.11 Å². The molecule has 0 fully saturated rings. The molecule has 0 atom stereocenters. The van der Waals surface area contributed by atoms with Crippen LogP contribution in [-0.2, 0) is 10.5 Å². The second-order valence-electron chi connectivity index (χ2n) is 3.56. The van der Waals surface area contributed by atoms with Crippen molar-refractivity contribution in [3.63, 3.8) is 0 Å². The van der Waals surface area contributed by atoms with Crippen LogP contribution in [0, 0.1) is 0 Å². The Morgan fingerprint density at radius 3 is 2.62 bits per heavy atom. The molecular formula is C12H21NO2Si. The standard InChI is InChI=1S/C12H21NO2Si/c1-3-13-8-9-15-16-10-11-4-6-12(14-2)7-5-11/h4-7,13H,3,8-10,16H2,1-2H3. The van der Waals surface area contributed by atoms with Gasteiger partial charge in [0.15, 0.2) is 9.76 Å². The first-order chi connectivity index (χ1) is 7.86. The quantitative estimate of drug-likeness (QED) is 0.540. The average molecular weight is 239 g/mol. The number of methoxy groups -OCH3 is 1. The number of benzene rings is 1. The van der Waals surface area contributed by atoms with Crippen molar-refractivity contribution >= 4 is 9.76 Å². The molecule has 0 aromatic heterocycles. The van der Waals surface area contributed by atoms with Crippen molar-refractivity contribution in [2.75, 3.05) is 26.8 Å². The van der Waals surface area contributed by atoms with Crippen LogP contribution in [-0.4, -0.2) is 36.6 Å². The van der Waals surface area contributed by atoms with Gasteiger partial charge in [-0.3, -0.25) is 0 Å². The lowest BCUT2D eigenvalue weighted by atomic mass is 10.2. The first-order valence-corrected chi connectivity index (χ1v) is 7.36. The lowest BCUT2D eigenvalue weighted by molar-refractivity contribution is 0.332. The molecule has 0 saturated carbocycles. The monoisotopic (exact) mass is 239 g/mol. The third-order valence-electron chi connectivity index (χ3n) is 2.37. The van der Waals surface area contributed by atoms with Crippen molar-refractivity contribution in [2.24, 2.45) is 0 Å². The van der Waals surface area contributed by atoms with Crippen LogP contribution in [0.3, 0.4) is 0 Å². The minimum Gasteiger partial charge on any atom is -0.497 e. The van der Waals surface area contributed by atoms with Crippen LogP contribution in [0.2, 0.25) is 0 Å². The number of hydrogen-bond acceptors (Lipinski definition) is 3. The van der Waals surface area contributed by atoms with E-state index in [9.17, 15) is 0 Å². The molecule has 0 aliphatic carbocycles. The first kappa shape index (κ1) is 13.2. The Bertz CT molecular complexity index is 277. The van der Waals surface area contributed by atoms with E-state index in [1.165, 1.54) is 5.56 Å². The summed E-state index contributed by atoms with van der Waals surface area (Å²) in [6.45, 7) is 4.93. The maximum Gasteiger partial charge on any atom is 0.165 e. The molecule has 0 aliphatic heterocycles. The summed E-state index contributed by atoms with van der Waals surface area (Å²) in [5.41, 5.74) is 1.34. The van der Waals surface area contributed by atoms with Crippen molar-refractivity contribution in [3.05, 3.63) is 29.8 Å². The molecule has 1 N–H and O–H groups in total. The van der Waals surface area contributed by atoms with Gasteiger partial charge in [0.25, 0.3) is 0 Å². The largest absolute Gasteiger partial charge is 0.497 e. The highest BCUT2D eigenvalue weighted by atomic mass is 28.2.